The minimum Gasteiger partial charge on any atom is -0.246 e. The van der Waals surface area contributed by atoms with E-state index >= 15 is 0 Å². The zero-order valence-electron chi connectivity index (χ0n) is 10.1. The third-order valence-electron chi connectivity index (χ3n) is 2.89. The standard InChI is InChI=1S/C10H17N3O2S2/c1-8-11-10(3-5-16-2)13(12-8)9-4-6-17(14,15)7-9/h9H,3-7H2,1-2H3/t9-/m1/s1. The van der Waals surface area contributed by atoms with Crippen molar-refractivity contribution in [2.45, 2.75) is 25.8 Å². The highest BCUT2D eigenvalue weighted by Gasteiger charge is 2.31. The number of thioether (sulfide) groups is 1. The number of rotatable bonds is 4. The predicted octanol–water partition coefficient (Wildman–Crippen LogP) is 0.852. The summed E-state index contributed by atoms with van der Waals surface area (Å²) < 4.78 is 24.8. The fourth-order valence-corrected chi connectivity index (χ4v) is 4.18. The van der Waals surface area contributed by atoms with Gasteiger partial charge in [-0.3, -0.25) is 0 Å². The van der Waals surface area contributed by atoms with Crippen LogP contribution in [0.3, 0.4) is 0 Å². The quantitative estimate of drug-likeness (QED) is 0.815. The van der Waals surface area contributed by atoms with Gasteiger partial charge in [0.1, 0.15) is 11.6 Å². The lowest BCUT2D eigenvalue weighted by Gasteiger charge is -2.11. The molecule has 0 radical (unpaired) electrons. The SMILES string of the molecule is CSCCc1nc(C)nn1[C@@H]1CCS(=O)(=O)C1. The average molecular weight is 275 g/mol. The Bertz CT molecular complexity index is 496. The molecule has 0 unspecified atom stereocenters. The van der Waals surface area contributed by atoms with Gasteiger partial charge in [-0.05, 0) is 19.6 Å². The number of aromatic nitrogens is 3. The molecule has 2 heterocycles. The molecule has 0 amide bonds. The monoisotopic (exact) mass is 275 g/mol. The third-order valence-corrected chi connectivity index (χ3v) is 5.25. The van der Waals surface area contributed by atoms with E-state index in [1.807, 2.05) is 17.9 Å². The highest BCUT2D eigenvalue weighted by atomic mass is 32.2. The fourth-order valence-electron chi connectivity index (χ4n) is 2.10. The first kappa shape index (κ1) is 12.9. The molecule has 1 aromatic heterocycles. The summed E-state index contributed by atoms with van der Waals surface area (Å²) in [4.78, 5) is 4.38. The lowest BCUT2D eigenvalue weighted by atomic mass is 10.2. The Balaban J connectivity index is 2.20. The molecule has 0 aromatic carbocycles. The molecular formula is C10H17N3O2S2. The molecule has 2 rings (SSSR count). The average Bonchev–Trinajstić information content (AvgIpc) is 2.78. The van der Waals surface area contributed by atoms with Gasteiger partial charge in [0.15, 0.2) is 9.84 Å². The largest absolute Gasteiger partial charge is 0.246 e. The molecule has 1 aliphatic heterocycles. The van der Waals surface area contributed by atoms with Crippen LogP contribution >= 0.6 is 11.8 Å². The van der Waals surface area contributed by atoms with Crippen LogP contribution in [0, 0.1) is 6.92 Å². The molecule has 96 valence electrons. The maximum atomic E-state index is 11.5. The Morgan fingerprint density at radius 3 is 2.88 bits per heavy atom. The first-order chi connectivity index (χ1) is 8.02. The molecule has 7 heteroatoms. The van der Waals surface area contributed by atoms with E-state index in [9.17, 15) is 8.42 Å². The van der Waals surface area contributed by atoms with Gasteiger partial charge in [0.25, 0.3) is 0 Å². The molecule has 0 bridgehead atoms. The van der Waals surface area contributed by atoms with Crippen molar-refractivity contribution in [3.05, 3.63) is 11.6 Å². The Morgan fingerprint density at radius 2 is 2.29 bits per heavy atom. The number of hydrogen-bond acceptors (Lipinski definition) is 5. The molecule has 1 saturated heterocycles. The van der Waals surface area contributed by atoms with E-state index in [2.05, 4.69) is 10.1 Å². The minimum atomic E-state index is -2.87. The second kappa shape index (κ2) is 4.97. The second-order valence-corrected chi connectivity index (χ2v) is 7.53. The predicted molar refractivity (Wildman–Crippen MR) is 69.2 cm³/mol. The van der Waals surface area contributed by atoms with Crippen LogP contribution in [0.1, 0.15) is 24.1 Å². The summed E-state index contributed by atoms with van der Waals surface area (Å²) in [5.74, 6) is 3.11. The zero-order valence-corrected chi connectivity index (χ0v) is 11.7. The Labute approximate surface area is 106 Å². The molecule has 17 heavy (non-hydrogen) atoms. The van der Waals surface area contributed by atoms with Gasteiger partial charge >= 0.3 is 0 Å². The number of sulfone groups is 1. The van der Waals surface area contributed by atoms with Crippen LogP contribution in [-0.2, 0) is 16.3 Å². The van der Waals surface area contributed by atoms with Crippen molar-refractivity contribution in [3.8, 4) is 0 Å². The van der Waals surface area contributed by atoms with E-state index < -0.39 is 9.84 Å². The smallest absolute Gasteiger partial charge is 0.152 e. The van der Waals surface area contributed by atoms with Crippen LogP contribution in [0.4, 0.5) is 0 Å². The van der Waals surface area contributed by atoms with Crippen LogP contribution < -0.4 is 0 Å². The van der Waals surface area contributed by atoms with Crippen LogP contribution in [0.2, 0.25) is 0 Å². The molecule has 1 aliphatic rings. The van der Waals surface area contributed by atoms with Gasteiger partial charge in [0.05, 0.1) is 17.5 Å². The van der Waals surface area contributed by atoms with Crippen LogP contribution in [0.5, 0.6) is 0 Å². The second-order valence-electron chi connectivity index (χ2n) is 4.32. The van der Waals surface area contributed by atoms with Gasteiger partial charge in [0, 0.05) is 12.2 Å². The molecule has 1 atom stereocenters. The van der Waals surface area contributed by atoms with E-state index in [0.717, 1.165) is 23.8 Å². The first-order valence-electron chi connectivity index (χ1n) is 5.63. The van der Waals surface area contributed by atoms with Crippen molar-refractivity contribution in [1.29, 1.82) is 0 Å². The lowest BCUT2D eigenvalue weighted by molar-refractivity contribution is 0.478. The summed E-state index contributed by atoms with van der Waals surface area (Å²) in [6.45, 7) is 1.85. The summed E-state index contributed by atoms with van der Waals surface area (Å²) >= 11 is 1.76. The van der Waals surface area contributed by atoms with Gasteiger partial charge in [-0.2, -0.15) is 16.9 Å². The fraction of sp³-hybridized carbons (Fsp3) is 0.800. The minimum absolute atomic E-state index is 0.0157. The maximum absolute atomic E-state index is 11.5. The maximum Gasteiger partial charge on any atom is 0.152 e. The molecule has 0 spiro atoms. The molecular weight excluding hydrogens is 258 g/mol. The highest BCUT2D eigenvalue weighted by molar-refractivity contribution is 7.98. The summed E-state index contributed by atoms with van der Waals surface area (Å²) in [6, 6.07) is -0.0157. The van der Waals surface area contributed by atoms with Gasteiger partial charge in [-0.15, -0.1) is 0 Å². The van der Waals surface area contributed by atoms with Crippen molar-refractivity contribution >= 4 is 21.6 Å². The van der Waals surface area contributed by atoms with Crippen LogP contribution in [-0.4, -0.2) is 46.7 Å². The number of aryl methyl sites for hydroxylation is 2. The number of hydrogen-bond donors (Lipinski definition) is 0. The Kier molecular flexibility index (Phi) is 3.77. The Hall–Kier alpha value is -0.560. The molecule has 1 aromatic rings. The number of nitrogens with zero attached hydrogens (tertiary/aromatic N) is 3. The van der Waals surface area contributed by atoms with Crippen molar-refractivity contribution in [1.82, 2.24) is 14.8 Å². The van der Waals surface area contributed by atoms with Gasteiger partial charge in [-0.1, -0.05) is 0 Å². The summed E-state index contributed by atoms with van der Waals surface area (Å²) in [5, 5.41) is 4.34. The zero-order chi connectivity index (χ0) is 12.5. The summed E-state index contributed by atoms with van der Waals surface area (Å²) in [6.07, 6.45) is 3.56. The topological polar surface area (TPSA) is 64.8 Å². The van der Waals surface area contributed by atoms with E-state index in [1.54, 1.807) is 11.8 Å². The first-order valence-corrected chi connectivity index (χ1v) is 8.85. The van der Waals surface area contributed by atoms with Gasteiger partial charge in [0.2, 0.25) is 0 Å². The van der Waals surface area contributed by atoms with E-state index in [4.69, 9.17) is 0 Å². The highest BCUT2D eigenvalue weighted by Crippen LogP contribution is 2.24. The van der Waals surface area contributed by atoms with Crippen molar-refractivity contribution in [2.24, 2.45) is 0 Å². The van der Waals surface area contributed by atoms with Crippen molar-refractivity contribution in [3.63, 3.8) is 0 Å². The molecule has 5 nitrogen and oxygen atoms in total. The van der Waals surface area contributed by atoms with Crippen LogP contribution in [0.25, 0.3) is 0 Å². The Morgan fingerprint density at radius 1 is 1.53 bits per heavy atom. The van der Waals surface area contributed by atoms with Gasteiger partial charge in [-0.25, -0.2) is 18.1 Å². The normalized spacial score (nSPS) is 23.1. The van der Waals surface area contributed by atoms with E-state index in [-0.39, 0.29) is 17.5 Å². The third kappa shape index (κ3) is 3.01. The van der Waals surface area contributed by atoms with Gasteiger partial charge < -0.3 is 0 Å². The lowest BCUT2D eigenvalue weighted by Crippen LogP contribution is -2.16. The summed E-state index contributed by atoms with van der Waals surface area (Å²) in [5.41, 5.74) is 0. The molecule has 0 saturated carbocycles. The van der Waals surface area contributed by atoms with Crippen LogP contribution in [0.15, 0.2) is 0 Å². The van der Waals surface area contributed by atoms with E-state index in [0.29, 0.717) is 6.42 Å². The molecule has 1 fully saturated rings. The molecule has 0 aliphatic carbocycles. The van der Waals surface area contributed by atoms with E-state index in [1.165, 1.54) is 0 Å². The summed E-state index contributed by atoms with van der Waals surface area (Å²) in [7, 11) is -2.87. The molecule has 0 N–H and O–H groups in total. The van der Waals surface area contributed by atoms with Crippen molar-refractivity contribution in [2.75, 3.05) is 23.5 Å². The van der Waals surface area contributed by atoms with Crippen molar-refractivity contribution < 1.29 is 8.42 Å².